The quantitative estimate of drug-likeness (QED) is 0.0261. The molecule has 0 amide bonds. The minimum Gasteiger partial charge on any atom is -0.462 e. The van der Waals surface area contributed by atoms with E-state index in [1.807, 2.05) is 0 Å². The molecule has 0 spiro atoms. The minimum atomic E-state index is -0.780. The lowest BCUT2D eigenvalue weighted by Gasteiger charge is -2.18. The summed E-state index contributed by atoms with van der Waals surface area (Å²) in [5.41, 5.74) is 0. The van der Waals surface area contributed by atoms with E-state index >= 15 is 0 Å². The maximum Gasteiger partial charge on any atom is 0.306 e. The fourth-order valence-electron chi connectivity index (χ4n) is 9.44. The number of unbranched alkanes of at least 4 members (excludes halogenated alkanes) is 35. The van der Waals surface area contributed by atoms with Crippen molar-refractivity contribution in [3.63, 3.8) is 0 Å². The van der Waals surface area contributed by atoms with E-state index in [4.69, 9.17) is 14.2 Å². The van der Waals surface area contributed by atoms with Gasteiger partial charge in [0.25, 0.3) is 0 Å². The molecule has 0 N–H and O–H groups in total. The first-order valence-electron chi connectivity index (χ1n) is 33.1. The number of hydrogen-bond acceptors (Lipinski definition) is 6. The van der Waals surface area contributed by atoms with Crippen LogP contribution in [0.1, 0.15) is 329 Å². The molecule has 0 heterocycles. The normalized spacial score (nSPS) is 12.6. The first-order chi connectivity index (χ1) is 38.0. The lowest BCUT2D eigenvalue weighted by Crippen LogP contribution is -2.30. The van der Waals surface area contributed by atoms with Gasteiger partial charge >= 0.3 is 17.9 Å². The third kappa shape index (κ3) is 63.3. The second-order valence-corrected chi connectivity index (χ2v) is 22.0. The van der Waals surface area contributed by atoms with Gasteiger partial charge in [-0.25, -0.2) is 0 Å². The Balaban J connectivity index is 4.10. The number of allylic oxidation sites excluding steroid dienone is 14. The number of ether oxygens (including phenoxy) is 3. The lowest BCUT2D eigenvalue weighted by atomic mass is 10.0. The standard InChI is InChI=1S/C71H124O6/c1-4-7-10-13-16-18-20-22-24-26-28-30-32-33-34-35-36-37-39-40-42-44-46-48-50-52-55-58-61-64-70(73)76-67-68(66-75-69(72)63-60-57-54-15-12-9-6-3)77-71(74)65-62-59-56-53-51-49-47-45-43-41-38-31-29-27-25-23-21-19-17-14-11-8-5-2/h8,11,17,19-20,22-23,25-26,28-29,31,41,43,68H,4-7,9-10,12-16,18,21,24,27,30,32-40,42,44-67H2,1-3H3/b11-8-,19-17-,22-20-,25-23-,28-26-,31-29-,43-41-. The van der Waals surface area contributed by atoms with Gasteiger partial charge in [0.2, 0.25) is 0 Å². The average molecular weight is 1070 g/mol. The number of carbonyl (C=O) groups excluding carboxylic acids is 3. The Bertz CT molecular complexity index is 1470. The Morgan fingerprint density at radius 3 is 0.792 bits per heavy atom. The zero-order valence-corrected chi connectivity index (χ0v) is 51.0. The van der Waals surface area contributed by atoms with E-state index in [1.165, 1.54) is 186 Å². The summed E-state index contributed by atoms with van der Waals surface area (Å²) < 4.78 is 16.8. The molecular formula is C71H124O6. The fourth-order valence-corrected chi connectivity index (χ4v) is 9.44. The molecule has 0 bridgehead atoms. The topological polar surface area (TPSA) is 78.9 Å². The second kappa shape index (κ2) is 65.1. The molecule has 0 fully saturated rings. The minimum absolute atomic E-state index is 0.0782. The summed E-state index contributed by atoms with van der Waals surface area (Å²) in [5, 5.41) is 0. The van der Waals surface area contributed by atoms with Gasteiger partial charge < -0.3 is 14.2 Å². The molecule has 0 aliphatic rings. The van der Waals surface area contributed by atoms with Crippen molar-refractivity contribution in [3.05, 3.63) is 85.1 Å². The fraction of sp³-hybridized carbons (Fsp3) is 0.761. The van der Waals surface area contributed by atoms with Crippen LogP contribution in [0.4, 0.5) is 0 Å². The molecule has 1 unspecified atom stereocenters. The average Bonchev–Trinajstić information content (AvgIpc) is 3.43. The highest BCUT2D eigenvalue weighted by molar-refractivity contribution is 5.71. The summed E-state index contributed by atoms with van der Waals surface area (Å²) in [7, 11) is 0. The van der Waals surface area contributed by atoms with E-state index in [1.54, 1.807) is 0 Å². The van der Waals surface area contributed by atoms with Gasteiger partial charge in [0.15, 0.2) is 6.10 Å². The molecule has 0 aromatic rings. The van der Waals surface area contributed by atoms with Crippen LogP contribution < -0.4 is 0 Å². The van der Waals surface area contributed by atoms with E-state index in [0.29, 0.717) is 19.3 Å². The summed E-state index contributed by atoms with van der Waals surface area (Å²) >= 11 is 0. The third-order valence-electron chi connectivity index (χ3n) is 14.4. The van der Waals surface area contributed by atoms with E-state index < -0.39 is 6.10 Å². The zero-order chi connectivity index (χ0) is 55.7. The number of esters is 3. The Kier molecular flexibility index (Phi) is 62.2. The molecule has 6 nitrogen and oxygen atoms in total. The van der Waals surface area contributed by atoms with Gasteiger partial charge in [-0.2, -0.15) is 0 Å². The van der Waals surface area contributed by atoms with Crippen LogP contribution >= 0.6 is 0 Å². The molecule has 0 aromatic carbocycles. The van der Waals surface area contributed by atoms with Crippen molar-refractivity contribution in [2.75, 3.05) is 13.2 Å². The maximum atomic E-state index is 12.9. The molecule has 444 valence electrons. The van der Waals surface area contributed by atoms with Crippen molar-refractivity contribution in [2.45, 2.75) is 335 Å². The molecule has 6 heteroatoms. The summed E-state index contributed by atoms with van der Waals surface area (Å²) in [6.07, 6.45) is 86.3. The molecule has 77 heavy (non-hydrogen) atoms. The van der Waals surface area contributed by atoms with Crippen molar-refractivity contribution in [1.29, 1.82) is 0 Å². The Morgan fingerprint density at radius 2 is 0.506 bits per heavy atom. The SMILES string of the molecule is CC/C=C\C/C=C\C/C=C\C/C=C\C/C=C\CCCCCCCCCC(=O)OC(COC(=O)CCCCCCCCC)COC(=O)CCCCCCCCCCCCCCCCCCC/C=C\C/C=C\CCCCCCC. The van der Waals surface area contributed by atoms with E-state index in [9.17, 15) is 14.4 Å². The van der Waals surface area contributed by atoms with Crippen LogP contribution in [0.2, 0.25) is 0 Å². The Labute approximate surface area is 477 Å². The predicted molar refractivity (Wildman–Crippen MR) is 334 cm³/mol. The Morgan fingerprint density at radius 1 is 0.273 bits per heavy atom. The lowest BCUT2D eigenvalue weighted by molar-refractivity contribution is -0.167. The molecule has 0 saturated heterocycles. The second-order valence-electron chi connectivity index (χ2n) is 22.0. The van der Waals surface area contributed by atoms with Crippen molar-refractivity contribution in [1.82, 2.24) is 0 Å². The molecule has 0 aromatic heterocycles. The summed E-state index contributed by atoms with van der Waals surface area (Å²) in [6.45, 7) is 6.50. The van der Waals surface area contributed by atoms with Crippen LogP contribution in [-0.2, 0) is 28.6 Å². The summed E-state index contributed by atoms with van der Waals surface area (Å²) in [6, 6.07) is 0. The smallest absolute Gasteiger partial charge is 0.306 e. The van der Waals surface area contributed by atoms with Crippen LogP contribution in [0.5, 0.6) is 0 Å². The van der Waals surface area contributed by atoms with Gasteiger partial charge in [0.1, 0.15) is 13.2 Å². The zero-order valence-electron chi connectivity index (χ0n) is 51.0. The first kappa shape index (κ1) is 73.6. The number of carbonyl (C=O) groups is 3. The number of hydrogen-bond donors (Lipinski definition) is 0. The van der Waals surface area contributed by atoms with E-state index in [0.717, 1.165) is 103 Å². The van der Waals surface area contributed by atoms with Gasteiger partial charge in [0.05, 0.1) is 0 Å². The van der Waals surface area contributed by atoms with E-state index in [2.05, 4.69) is 106 Å². The highest BCUT2D eigenvalue weighted by Crippen LogP contribution is 2.17. The van der Waals surface area contributed by atoms with Gasteiger partial charge in [-0.3, -0.25) is 14.4 Å². The van der Waals surface area contributed by atoms with Gasteiger partial charge in [-0.1, -0.05) is 298 Å². The van der Waals surface area contributed by atoms with Crippen molar-refractivity contribution in [2.24, 2.45) is 0 Å². The monoisotopic (exact) mass is 1070 g/mol. The van der Waals surface area contributed by atoms with E-state index in [-0.39, 0.29) is 31.1 Å². The largest absolute Gasteiger partial charge is 0.462 e. The van der Waals surface area contributed by atoms with Gasteiger partial charge in [0, 0.05) is 19.3 Å². The van der Waals surface area contributed by atoms with Crippen molar-refractivity contribution in [3.8, 4) is 0 Å². The van der Waals surface area contributed by atoms with Crippen LogP contribution in [-0.4, -0.2) is 37.2 Å². The Hall–Kier alpha value is -3.41. The highest BCUT2D eigenvalue weighted by Gasteiger charge is 2.19. The van der Waals surface area contributed by atoms with Crippen LogP contribution in [0.25, 0.3) is 0 Å². The van der Waals surface area contributed by atoms with Gasteiger partial charge in [-0.05, 0) is 96.3 Å². The summed E-state index contributed by atoms with van der Waals surface area (Å²) in [5.74, 6) is -0.884. The maximum absolute atomic E-state index is 12.9. The van der Waals surface area contributed by atoms with Crippen LogP contribution in [0, 0.1) is 0 Å². The highest BCUT2D eigenvalue weighted by atomic mass is 16.6. The molecule has 0 rings (SSSR count). The third-order valence-corrected chi connectivity index (χ3v) is 14.4. The summed E-state index contributed by atoms with van der Waals surface area (Å²) in [4.78, 5) is 38.1. The predicted octanol–water partition coefficient (Wildman–Crippen LogP) is 22.7. The molecule has 0 radical (unpaired) electrons. The van der Waals surface area contributed by atoms with Crippen molar-refractivity contribution >= 4 is 17.9 Å². The van der Waals surface area contributed by atoms with Gasteiger partial charge in [-0.15, -0.1) is 0 Å². The molecule has 0 aliphatic heterocycles. The van der Waals surface area contributed by atoms with Crippen molar-refractivity contribution < 1.29 is 28.6 Å². The number of rotatable bonds is 60. The van der Waals surface area contributed by atoms with Crippen LogP contribution in [0.15, 0.2) is 85.1 Å². The molecule has 0 aliphatic carbocycles. The molecular weight excluding hydrogens is 949 g/mol. The van der Waals surface area contributed by atoms with Crippen LogP contribution in [0.3, 0.4) is 0 Å². The first-order valence-corrected chi connectivity index (χ1v) is 33.1. The molecule has 0 saturated carbocycles. The molecule has 1 atom stereocenters.